The van der Waals surface area contributed by atoms with E-state index >= 15 is 0 Å². The number of aliphatic imine (C=N–C) groups is 1. The molecule has 154 valence electrons. The largest absolute Gasteiger partial charge is 0.469 e. The van der Waals surface area contributed by atoms with Crippen molar-refractivity contribution in [2.75, 3.05) is 26.8 Å². The highest BCUT2D eigenvalue weighted by molar-refractivity contribution is 14.0. The van der Waals surface area contributed by atoms with Crippen LogP contribution in [-0.2, 0) is 17.7 Å². The fraction of sp³-hybridized carbons (Fsp3) is 0.500. The van der Waals surface area contributed by atoms with Crippen LogP contribution in [0.2, 0.25) is 0 Å². The molecule has 0 saturated heterocycles. The maximum absolute atomic E-state index is 5.42. The average Bonchev–Trinajstić information content (AvgIpc) is 3.18. The first kappa shape index (κ1) is 22.7. The summed E-state index contributed by atoms with van der Waals surface area (Å²) in [5.74, 6) is 1.86. The third kappa shape index (κ3) is 7.13. The summed E-state index contributed by atoms with van der Waals surface area (Å²) < 4.78 is 10.7. The summed E-state index contributed by atoms with van der Waals surface area (Å²) in [6, 6.07) is 14.3. The number of methoxy groups -OCH3 is 1. The van der Waals surface area contributed by atoms with Crippen molar-refractivity contribution in [2.24, 2.45) is 10.4 Å². The summed E-state index contributed by atoms with van der Waals surface area (Å²) in [4.78, 5) is 4.79. The zero-order valence-electron chi connectivity index (χ0n) is 16.7. The summed E-state index contributed by atoms with van der Waals surface area (Å²) in [6.45, 7) is 3.23. The van der Waals surface area contributed by atoms with Crippen molar-refractivity contribution >= 4 is 29.9 Å². The lowest BCUT2D eigenvalue weighted by atomic mass is 9.67. The molecule has 0 spiro atoms. The molecular weight excluding hydrogens is 465 g/mol. The molecule has 1 aromatic carbocycles. The van der Waals surface area contributed by atoms with E-state index in [1.807, 2.05) is 18.2 Å². The van der Waals surface area contributed by atoms with E-state index in [0.717, 1.165) is 44.3 Å². The van der Waals surface area contributed by atoms with E-state index in [2.05, 4.69) is 34.9 Å². The number of rotatable bonds is 10. The smallest absolute Gasteiger partial charge is 0.191 e. The molecule has 1 fully saturated rings. The molecule has 1 aliphatic carbocycles. The number of hydrogen-bond acceptors (Lipinski definition) is 3. The molecule has 0 aliphatic heterocycles. The van der Waals surface area contributed by atoms with Crippen LogP contribution in [0.25, 0.3) is 0 Å². The van der Waals surface area contributed by atoms with Crippen molar-refractivity contribution in [1.29, 1.82) is 0 Å². The van der Waals surface area contributed by atoms with Gasteiger partial charge in [-0.25, -0.2) is 4.99 Å². The van der Waals surface area contributed by atoms with Gasteiger partial charge in [-0.3, -0.25) is 0 Å². The fourth-order valence-corrected chi connectivity index (χ4v) is 3.47. The number of guanidine groups is 1. The fourth-order valence-electron chi connectivity index (χ4n) is 3.47. The standard InChI is InChI=1S/C22H31N3O2.HI/c1-26-16-13-22(11-6-12-22)18-25-21(23-14-10-20-9-5-15-27-20)24-17-19-7-3-2-4-8-19;/h2-5,7-9,15H,6,10-14,16-18H2,1H3,(H2,23,24,25);1H. The van der Waals surface area contributed by atoms with Crippen LogP contribution in [-0.4, -0.2) is 32.8 Å². The lowest BCUT2D eigenvalue weighted by Gasteiger charge is -2.42. The molecule has 3 rings (SSSR count). The second-order valence-electron chi connectivity index (χ2n) is 7.36. The Hall–Kier alpha value is -1.54. The lowest BCUT2D eigenvalue weighted by Crippen LogP contribution is -2.47. The number of ether oxygens (including phenoxy) is 1. The molecule has 0 amide bonds. The first-order chi connectivity index (χ1) is 13.3. The highest BCUT2D eigenvalue weighted by Gasteiger charge is 2.36. The molecule has 0 atom stereocenters. The van der Waals surface area contributed by atoms with Crippen LogP contribution in [0.15, 0.2) is 58.1 Å². The van der Waals surface area contributed by atoms with Gasteiger partial charge in [0.1, 0.15) is 5.76 Å². The van der Waals surface area contributed by atoms with Crippen LogP contribution in [0.4, 0.5) is 0 Å². The molecular formula is C22H32IN3O2. The van der Waals surface area contributed by atoms with Gasteiger partial charge in [-0.1, -0.05) is 36.8 Å². The van der Waals surface area contributed by atoms with Crippen molar-refractivity contribution in [3.8, 4) is 0 Å². The molecule has 0 bridgehead atoms. The third-order valence-corrected chi connectivity index (χ3v) is 5.39. The van der Waals surface area contributed by atoms with E-state index < -0.39 is 0 Å². The van der Waals surface area contributed by atoms with Gasteiger partial charge in [0.15, 0.2) is 5.96 Å². The molecule has 1 heterocycles. The maximum atomic E-state index is 5.42. The second kappa shape index (κ2) is 12.1. The molecule has 1 aliphatic rings. The zero-order valence-corrected chi connectivity index (χ0v) is 19.0. The topological polar surface area (TPSA) is 58.8 Å². The van der Waals surface area contributed by atoms with Crippen LogP contribution in [0, 0.1) is 5.41 Å². The molecule has 0 unspecified atom stereocenters. The van der Waals surface area contributed by atoms with Crippen LogP contribution < -0.4 is 10.6 Å². The van der Waals surface area contributed by atoms with Gasteiger partial charge in [0, 0.05) is 33.2 Å². The van der Waals surface area contributed by atoms with Gasteiger partial charge in [0.2, 0.25) is 0 Å². The Labute approximate surface area is 185 Å². The third-order valence-electron chi connectivity index (χ3n) is 5.39. The predicted molar refractivity (Wildman–Crippen MR) is 124 cm³/mol. The van der Waals surface area contributed by atoms with Crippen LogP contribution >= 0.6 is 24.0 Å². The van der Waals surface area contributed by atoms with E-state index in [9.17, 15) is 0 Å². The van der Waals surface area contributed by atoms with Crippen molar-refractivity contribution < 1.29 is 9.15 Å². The van der Waals surface area contributed by atoms with Gasteiger partial charge in [-0.2, -0.15) is 0 Å². The first-order valence-electron chi connectivity index (χ1n) is 9.87. The van der Waals surface area contributed by atoms with E-state index in [1.165, 1.54) is 24.8 Å². The second-order valence-corrected chi connectivity index (χ2v) is 7.36. The molecule has 1 aromatic heterocycles. The molecule has 28 heavy (non-hydrogen) atoms. The summed E-state index contributed by atoms with van der Waals surface area (Å²) in [6.07, 6.45) is 7.51. The molecule has 1 saturated carbocycles. The Kier molecular flexibility index (Phi) is 9.84. The van der Waals surface area contributed by atoms with Crippen molar-refractivity contribution in [2.45, 2.75) is 38.6 Å². The van der Waals surface area contributed by atoms with Gasteiger partial charge >= 0.3 is 0 Å². The number of furan rings is 1. The van der Waals surface area contributed by atoms with E-state index in [4.69, 9.17) is 14.1 Å². The number of nitrogens with zero attached hydrogens (tertiary/aromatic N) is 1. The van der Waals surface area contributed by atoms with Crippen molar-refractivity contribution in [1.82, 2.24) is 10.6 Å². The molecule has 2 aromatic rings. The molecule has 2 N–H and O–H groups in total. The van der Waals surface area contributed by atoms with Crippen LogP contribution in [0.5, 0.6) is 0 Å². The first-order valence-corrected chi connectivity index (χ1v) is 9.87. The van der Waals surface area contributed by atoms with E-state index in [-0.39, 0.29) is 24.0 Å². The molecule has 0 radical (unpaired) electrons. The summed E-state index contributed by atoms with van der Waals surface area (Å²) >= 11 is 0. The molecule has 5 nitrogen and oxygen atoms in total. The predicted octanol–water partition coefficient (Wildman–Crippen LogP) is 4.38. The molecule has 6 heteroatoms. The Bertz CT molecular complexity index is 685. The van der Waals surface area contributed by atoms with Crippen LogP contribution in [0.1, 0.15) is 37.0 Å². The minimum absolute atomic E-state index is 0. The monoisotopic (exact) mass is 497 g/mol. The van der Waals surface area contributed by atoms with Gasteiger partial charge in [-0.05, 0) is 42.4 Å². The summed E-state index contributed by atoms with van der Waals surface area (Å²) in [5.41, 5.74) is 1.56. The lowest BCUT2D eigenvalue weighted by molar-refractivity contribution is 0.0732. The number of hydrogen-bond donors (Lipinski definition) is 2. The van der Waals surface area contributed by atoms with Crippen molar-refractivity contribution in [3.05, 3.63) is 60.1 Å². The highest BCUT2D eigenvalue weighted by atomic mass is 127. The average molecular weight is 497 g/mol. The highest BCUT2D eigenvalue weighted by Crippen LogP contribution is 2.43. The minimum Gasteiger partial charge on any atom is -0.469 e. The minimum atomic E-state index is 0. The SMILES string of the molecule is COCCC1(CNC(=NCc2ccccc2)NCCc2ccco2)CCC1.I. The van der Waals surface area contributed by atoms with Crippen LogP contribution in [0.3, 0.4) is 0 Å². The maximum Gasteiger partial charge on any atom is 0.191 e. The summed E-state index contributed by atoms with van der Waals surface area (Å²) in [5, 5.41) is 7.03. The van der Waals surface area contributed by atoms with Crippen molar-refractivity contribution in [3.63, 3.8) is 0 Å². The Morgan fingerprint density at radius 1 is 1.14 bits per heavy atom. The number of benzene rings is 1. The van der Waals surface area contributed by atoms with E-state index in [1.54, 1.807) is 13.4 Å². The Morgan fingerprint density at radius 2 is 1.96 bits per heavy atom. The number of nitrogens with one attached hydrogen (secondary N) is 2. The zero-order chi connectivity index (χ0) is 18.8. The van der Waals surface area contributed by atoms with Gasteiger partial charge in [0.05, 0.1) is 12.8 Å². The normalized spacial score (nSPS) is 15.4. The quantitative estimate of drug-likeness (QED) is 0.291. The van der Waals surface area contributed by atoms with Gasteiger partial charge in [-0.15, -0.1) is 24.0 Å². The summed E-state index contributed by atoms with van der Waals surface area (Å²) in [7, 11) is 1.78. The van der Waals surface area contributed by atoms with E-state index in [0.29, 0.717) is 12.0 Å². The van der Waals surface area contributed by atoms with Gasteiger partial charge < -0.3 is 19.8 Å². The Balaban J connectivity index is 0.00000280. The van der Waals surface area contributed by atoms with Gasteiger partial charge in [0.25, 0.3) is 0 Å². The Morgan fingerprint density at radius 3 is 2.61 bits per heavy atom. The number of halogens is 1.